The van der Waals surface area contributed by atoms with Gasteiger partial charge in [-0.05, 0) is 53.1 Å². The minimum absolute atomic E-state index is 0.0852. The first-order valence-electron chi connectivity index (χ1n) is 8.93. The van der Waals surface area contributed by atoms with Gasteiger partial charge in [-0.1, -0.05) is 36.4 Å². The summed E-state index contributed by atoms with van der Waals surface area (Å²) in [4.78, 5) is 23.2. The van der Waals surface area contributed by atoms with Crippen LogP contribution in [0.25, 0.3) is 10.8 Å². The molecule has 5 heteroatoms. The summed E-state index contributed by atoms with van der Waals surface area (Å²) in [5, 5.41) is 5.29. The maximum Gasteiger partial charge on any atom is 0.262 e. The predicted octanol–water partition coefficient (Wildman–Crippen LogP) is 2.98. The highest BCUT2D eigenvalue weighted by molar-refractivity contribution is 6.05. The van der Waals surface area contributed by atoms with E-state index in [1.165, 1.54) is 16.5 Å². The number of benzene rings is 3. The number of hydrogen-bond acceptors (Lipinski definition) is 3. The van der Waals surface area contributed by atoms with Crippen LogP contribution in [-0.2, 0) is 28.9 Å². The largest absolute Gasteiger partial charge is 0.484 e. The number of anilines is 1. The van der Waals surface area contributed by atoms with Crippen molar-refractivity contribution in [3.8, 4) is 5.75 Å². The second kappa shape index (κ2) is 7.11. The topological polar surface area (TPSA) is 81.4 Å². The zero-order valence-electron chi connectivity index (χ0n) is 14.8. The molecule has 0 unspecified atom stereocenters. The molecule has 27 heavy (non-hydrogen) atoms. The molecule has 0 heterocycles. The van der Waals surface area contributed by atoms with Gasteiger partial charge in [0.2, 0.25) is 5.91 Å². The number of primary amides is 1. The third-order valence-corrected chi connectivity index (χ3v) is 4.82. The van der Waals surface area contributed by atoms with E-state index in [1.807, 2.05) is 18.2 Å². The molecule has 0 aliphatic heterocycles. The monoisotopic (exact) mass is 360 g/mol. The summed E-state index contributed by atoms with van der Waals surface area (Å²) in [7, 11) is 0. The molecule has 3 aromatic rings. The third kappa shape index (κ3) is 3.62. The maximum atomic E-state index is 12.3. The first-order valence-corrected chi connectivity index (χ1v) is 8.93. The number of aryl methyl sites for hydroxylation is 2. The Bertz CT molecular complexity index is 1020. The van der Waals surface area contributed by atoms with Gasteiger partial charge < -0.3 is 15.8 Å². The molecule has 1 aliphatic rings. The zero-order valence-corrected chi connectivity index (χ0v) is 14.8. The summed E-state index contributed by atoms with van der Waals surface area (Å²) in [5.41, 5.74) is 9.47. The summed E-state index contributed by atoms with van der Waals surface area (Å²) in [6.45, 7) is -0.0852. The van der Waals surface area contributed by atoms with Gasteiger partial charge in [0.25, 0.3) is 5.91 Å². The van der Waals surface area contributed by atoms with Crippen LogP contribution in [0.1, 0.15) is 16.7 Å². The molecule has 0 aromatic heterocycles. The van der Waals surface area contributed by atoms with E-state index in [1.54, 1.807) is 24.3 Å². The molecule has 5 nitrogen and oxygen atoms in total. The Morgan fingerprint density at radius 3 is 2.44 bits per heavy atom. The fourth-order valence-corrected chi connectivity index (χ4v) is 3.60. The van der Waals surface area contributed by atoms with Gasteiger partial charge in [-0.2, -0.15) is 0 Å². The fraction of sp³-hybridized carbons (Fsp3) is 0.182. The lowest BCUT2D eigenvalue weighted by Gasteiger charge is -2.11. The SMILES string of the molecule is NC(=O)Cc1ccc(OCC(=O)Nc2ccc3c4c(cccc24)CC3)cc1. The molecule has 0 fully saturated rings. The smallest absolute Gasteiger partial charge is 0.262 e. The molecular weight excluding hydrogens is 340 g/mol. The quantitative estimate of drug-likeness (QED) is 0.709. The number of nitrogens with one attached hydrogen (secondary N) is 1. The van der Waals surface area contributed by atoms with E-state index in [-0.39, 0.29) is 24.8 Å². The Morgan fingerprint density at radius 2 is 1.70 bits per heavy atom. The molecule has 3 N–H and O–H groups in total. The summed E-state index contributed by atoms with van der Waals surface area (Å²) in [5.74, 6) is -0.0258. The Kier molecular flexibility index (Phi) is 4.50. The van der Waals surface area contributed by atoms with Gasteiger partial charge >= 0.3 is 0 Å². The lowest BCUT2D eigenvalue weighted by Crippen LogP contribution is -2.20. The van der Waals surface area contributed by atoms with Crippen molar-refractivity contribution in [3.05, 3.63) is 71.3 Å². The van der Waals surface area contributed by atoms with Gasteiger partial charge in [0.1, 0.15) is 5.75 Å². The van der Waals surface area contributed by atoms with E-state index in [4.69, 9.17) is 10.5 Å². The third-order valence-electron chi connectivity index (χ3n) is 4.82. The van der Waals surface area contributed by atoms with Crippen LogP contribution in [0.15, 0.2) is 54.6 Å². The standard InChI is InChI=1S/C22H20N2O3/c23-20(25)12-14-4-9-17(10-5-14)27-13-21(26)24-19-11-8-16-7-6-15-2-1-3-18(19)22(15)16/h1-5,8-11H,6-7,12-13H2,(H2,23,25)(H,24,26). The Labute approximate surface area is 157 Å². The molecule has 1 aliphatic carbocycles. The Hall–Kier alpha value is -3.34. The van der Waals surface area contributed by atoms with Crippen LogP contribution < -0.4 is 15.8 Å². The van der Waals surface area contributed by atoms with Crippen molar-refractivity contribution in [2.45, 2.75) is 19.3 Å². The van der Waals surface area contributed by atoms with Crippen molar-refractivity contribution >= 4 is 28.3 Å². The van der Waals surface area contributed by atoms with Gasteiger partial charge in [-0.15, -0.1) is 0 Å². The van der Waals surface area contributed by atoms with Gasteiger partial charge in [-0.3, -0.25) is 9.59 Å². The Morgan fingerprint density at radius 1 is 0.963 bits per heavy atom. The molecule has 0 saturated carbocycles. The summed E-state index contributed by atoms with van der Waals surface area (Å²) in [6.07, 6.45) is 2.30. The summed E-state index contributed by atoms with van der Waals surface area (Å²) >= 11 is 0. The molecule has 136 valence electrons. The summed E-state index contributed by atoms with van der Waals surface area (Å²) < 4.78 is 5.54. The molecule has 0 bridgehead atoms. The number of hydrogen-bond donors (Lipinski definition) is 2. The van der Waals surface area contributed by atoms with Gasteiger partial charge in [0.05, 0.1) is 6.42 Å². The van der Waals surface area contributed by atoms with Crippen LogP contribution in [0.2, 0.25) is 0 Å². The van der Waals surface area contributed by atoms with Crippen LogP contribution in [0.5, 0.6) is 5.75 Å². The molecule has 0 spiro atoms. The molecule has 0 atom stereocenters. The number of carbonyl (C=O) groups is 2. The molecule has 3 aromatic carbocycles. The van der Waals surface area contributed by atoms with Crippen LogP contribution in [0.4, 0.5) is 5.69 Å². The van der Waals surface area contributed by atoms with E-state index < -0.39 is 0 Å². The number of rotatable bonds is 6. The van der Waals surface area contributed by atoms with E-state index in [0.717, 1.165) is 29.5 Å². The van der Waals surface area contributed by atoms with Crippen molar-refractivity contribution in [1.82, 2.24) is 0 Å². The number of ether oxygens (including phenoxy) is 1. The maximum absolute atomic E-state index is 12.3. The summed E-state index contributed by atoms with van der Waals surface area (Å²) in [6, 6.07) is 17.3. The van der Waals surface area contributed by atoms with Crippen LogP contribution >= 0.6 is 0 Å². The minimum atomic E-state index is -0.381. The second-order valence-corrected chi connectivity index (χ2v) is 6.74. The van der Waals surface area contributed by atoms with Gasteiger partial charge in [-0.25, -0.2) is 0 Å². The van der Waals surface area contributed by atoms with Crippen LogP contribution in [0.3, 0.4) is 0 Å². The molecule has 4 rings (SSSR count). The Balaban J connectivity index is 1.42. The van der Waals surface area contributed by atoms with Crippen LogP contribution in [0, 0.1) is 0 Å². The average Bonchev–Trinajstić information content (AvgIpc) is 3.08. The lowest BCUT2D eigenvalue weighted by molar-refractivity contribution is -0.118. The number of amides is 2. The first kappa shape index (κ1) is 17.1. The van der Waals surface area contributed by atoms with Crippen molar-refractivity contribution < 1.29 is 14.3 Å². The normalized spacial score (nSPS) is 12.1. The fourth-order valence-electron chi connectivity index (χ4n) is 3.60. The number of nitrogens with two attached hydrogens (primary N) is 1. The predicted molar refractivity (Wildman–Crippen MR) is 105 cm³/mol. The molecule has 2 amide bonds. The van der Waals surface area contributed by atoms with Crippen molar-refractivity contribution in [1.29, 1.82) is 0 Å². The second-order valence-electron chi connectivity index (χ2n) is 6.74. The minimum Gasteiger partial charge on any atom is -0.484 e. The molecular formula is C22H20N2O3. The van der Waals surface area contributed by atoms with Crippen LogP contribution in [-0.4, -0.2) is 18.4 Å². The van der Waals surface area contributed by atoms with E-state index in [2.05, 4.69) is 17.4 Å². The highest BCUT2D eigenvalue weighted by atomic mass is 16.5. The van der Waals surface area contributed by atoms with E-state index in [0.29, 0.717) is 5.75 Å². The highest BCUT2D eigenvalue weighted by Crippen LogP contribution is 2.34. The lowest BCUT2D eigenvalue weighted by atomic mass is 10.0. The van der Waals surface area contributed by atoms with Crippen molar-refractivity contribution in [2.75, 3.05) is 11.9 Å². The van der Waals surface area contributed by atoms with E-state index in [9.17, 15) is 9.59 Å². The van der Waals surface area contributed by atoms with Crippen molar-refractivity contribution in [3.63, 3.8) is 0 Å². The molecule has 0 radical (unpaired) electrons. The van der Waals surface area contributed by atoms with E-state index >= 15 is 0 Å². The zero-order chi connectivity index (χ0) is 18.8. The highest BCUT2D eigenvalue weighted by Gasteiger charge is 2.16. The van der Waals surface area contributed by atoms with Crippen molar-refractivity contribution in [2.24, 2.45) is 5.73 Å². The first-order chi connectivity index (χ1) is 13.1. The number of carbonyl (C=O) groups excluding carboxylic acids is 2. The van der Waals surface area contributed by atoms with Gasteiger partial charge in [0.15, 0.2) is 6.61 Å². The average molecular weight is 360 g/mol. The molecule has 0 saturated heterocycles. The van der Waals surface area contributed by atoms with Gasteiger partial charge in [0, 0.05) is 11.1 Å².